The summed E-state index contributed by atoms with van der Waals surface area (Å²) in [5, 5.41) is 0. The minimum absolute atomic E-state index is 0.0340. The number of sulfonamides is 1. The molecule has 19 heavy (non-hydrogen) atoms. The Morgan fingerprint density at radius 2 is 2.26 bits per heavy atom. The Bertz CT molecular complexity index is 562. The van der Waals surface area contributed by atoms with Crippen LogP contribution in [0.15, 0.2) is 23.1 Å². The van der Waals surface area contributed by atoms with E-state index in [-0.39, 0.29) is 30.6 Å². The quantitative estimate of drug-likeness (QED) is 0.878. The van der Waals surface area contributed by atoms with Gasteiger partial charge in [-0.15, -0.1) is 0 Å². The van der Waals surface area contributed by atoms with Crippen molar-refractivity contribution in [2.75, 3.05) is 26.2 Å². The lowest BCUT2D eigenvalue weighted by Crippen LogP contribution is -2.48. The summed E-state index contributed by atoms with van der Waals surface area (Å²) in [6, 6.07) is 3.93. The molecule has 5 nitrogen and oxygen atoms in total. The van der Waals surface area contributed by atoms with Crippen LogP contribution >= 0.6 is 0 Å². The average Bonchev–Trinajstić information content (AvgIpc) is 2.41. The van der Waals surface area contributed by atoms with E-state index in [0.29, 0.717) is 12.2 Å². The highest BCUT2D eigenvalue weighted by atomic mass is 32.2. The maximum absolute atomic E-state index is 13.5. The van der Waals surface area contributed by atoms with Crippen molar-refractivity contribution in [2.24, 2.45) is 5.73 Å². The van der Waals surface area contributed by atoms with Crippen molar-refractivity contribution < 1.29 is 17.5 Å². The van der Waals surface area contributed by atoms with E-state index in [1.165, 1.54) is 16.4 Å². The van der Waals surface area contributed by atoms with Gasteiger partial charge in [0.2, 0.25) is 10.0 Å². The molecule has 0 amide bonds. The molecule has 0 saturated carbocycles. The Hall–Kier alpha value is -1.02. The molecule has 1 atom stereocenters. The number of halogens is 1. The number of morpholine rings is 1. The van der Waals surface area contributed by atoms with Gasteiger partial charge < -0.3 is 10.5 Å². The number of aryl methyl sites for hydroxylation is 1. The molecule has 0 bridgehead atoms. The first kappa shape index (κ1) is 14.4. The Balaban J connectivity index is 2.28. The molecule has 1 unspecified atom stereocenters. The molecule has 7 heteroatoms. The van der Waals surface area contributed by atoms with Gasteiger partial charge in [-0.2, -0.15) is 4.31 Å². The molecule has 1 saturated heterocycles. The highest BCUT2D eigenvalue weighted by Crippen LogP contribution is 2.20. The molecular weight excluding hydrogens is 271 g/mol. The number of hydrogen-bond acceptors (Lipinski definition) is 4. The van der Waals surface area contributed by atoms with Crippen LogP contribution in [0.4, 0.5) is 4.39 Å². The first-order valence-corrected chi connectivity index (χ1v) is 7.47. The highest BCUT2D eigenvalue weighted by molar-refractivity contribution is 7.89. The first-order valence-electron chi connectivity index (χ1n) is 6.03. The number of nitrogens with two attached hydrogens (primary N) is 1. The first-order chi connectivity index (χ1) is 8.95. The second-order valence-electron chi connectivity index (χ2n) is 4.50. The molecular formula is C12H17FN2O3S. The Labute approximate surface area is 112 Å². The van der Waals surface area contributed by atoms with E-state index in [1.807, 2.05) is 0 Å². The summed E-state index contributed by atoms with van der Waals surface area (Å²) in [5.41, 5.74) is 5.90. The minimum atomic E-state index is -3.69. The molecule has 106 valence electrons. The van der Waals surface area contributed by atoms with Crippen molar-refractivity contribution in [1.82, 2.24) is 4.31 Å². The normalized spacial score (nSPS) is 21.5. The molecule has 1 aromatic carbocycles. The van der Waals surface area contributed by atoms with Crippen molar-refractivity contribution in [1.29, 1.82) is 0 Å². The van der Waals surface area contributed by atoms with Gasteiger partial charge >= 0.3 is 0 Å². The van der Waals surface area contributed by atoms with Gasteiger partial charge in [0, 0.05) is 19.6 Å². The van der Waals surface area contributed by atoms with Crippen molar-refractivity contribution >= 4 is 10.0 Å². The predicted octanol–water partition coefficient (Wildman–Crippen LogP) is 0.482. The topological polar surface area (TPSA) is 72.6 Å². The number of nitrogens with zero attached hydrogens (tertiary/aromatic N) is 1. The fraction of sp³-hybridized carbons (Fsp3) is 0.500. The largest absolute Gasteiger partial charge is 0.374 e. The van der Waals surface area contributed by atoms with Crippen LogP contribution < -0.4 is 5.73 Å². The second kappa shape index (κ2) is 5.54. The van der Waals surface area contributed by atoms with Crippen LogP contribution in [0.3, 0.4) is 0 Å². The van der Waals surface area contributed by atoms with Gasteiger partial charge in [-0.25, -0.2) is 12.8 Å². The summed E-state index contributed by atoms with van der Waals surface area (Å²) >= 11 is 0. The SMILES string of the molecule is Cc1ccc(S(=O)(=O)N2CCOC(CN)C2)cc1F. The lowest BCUT2D eigenvalue weighted by atomic mass is 10.2. The molecule has 0 radical (unpaired) electrons. The van der Waals surface area contributed by atoms with E-state index >= 15 is 0 Å². The van der Waals surface area contributed by atoms with Gasteiger partial charge in [0.1, 0.15) is 5.82 Å². The van der Waals surface area contributed by atoms with Crippen molar-refractivity contribution in [3.8, 4) is 0 Å². The molecule has 0 spiro atoms. The molecule has 1 aliphatic heterocycles. The summed E-state index contributed by atoms with van der Waals surface area (Å²) in [4.78, 5) is -0.0340. The van der Waals surface area contributed by atoms with Crippen molar-refractivity contribution in [3.63, 3.8) is 0 Å². The third kappa shape index (κ3) is 2.94. The van der Waals surface area contributed by atoms with Crippen LogP contribution in [0, 0.1) is 12.7 Å². The van der Waals surface area contributed by atoms with Gasteiger partial charge in [-0.3, -0.25) is 0 Å². The van der Waals surface area contributed by atoms with Crippen molar-refractivity contribution in [3.05, 3.63) is 29.6 Å². The maximum Gasteiger partial charge on any atom is 0.243 e. The maximum atomic E-state index is 13.5. The third-order valence-corrected chi connectivity index (χ3v) is 5.01. The van der Waals surface area contributed by atoms with Crippen LogP contribution in [-0.4, -0.2) is 45.1 Å². The van der Waals surface area contributed by atoms with Gasteiger partial charge in [-0.1, -0.05) is 6.07 Å². The van der Waals surface area contributed by atoms with Crippen LogP contribution in [0.5, 0.6) is 0 Å². The molecule has 0 aromatic heterocycles. The van der Waals surface area contributed by atoms with Crippen molar-refractivity contribution in [2.45, 2.75) is 17.9 Å². The lowest BCUT2D eigenvalue weighted by molar-refractivity contribution is 0.00450. The molecule has 1 aromatic rings. The van der Waals surface area contributed by atoms with Crippen LogP contribution in [-0.2, 0) is 14.8 Å². The zero-order valence-electron chi connectivity index (χ0n) is 10.7. The predicted molar refractivity (Wildman–Crippen MR) is 68.7 cm³/mol. The molecule has 2 rings (SSSR count). The Kier molecular flexibility index (Phi) is 4.19. The fourth-order valence-corrected chi connectivity index (χ4v) is 3.40. The van der Waals surface area contributed by atoms with Gasteiger partial charge in [-0.05, 0) is 24.6 Å². The number of rotatable bonds is 3. The van der Waals surface area contributed by atoms with Crippen LogP contribution in [0.25, 0.3) is 0 Å². The Morgan fingerprint density at radius 3 is 2.89 bits per heavy atom. The minimum Gasteiger partial charge on any atom is -0.374 e. The van der Waals surface area contributed by atoms with Crippen LogP contribution in [0.2, 0.25) is 0 Å². The lowest BCUT2D eigenvalue weighted by Gasteiger charge is -2.31. The molecule has 1 fully saturated rings. The summed E-state index contributed by atoms with van der Waals surface area (Å²) in [5.74, 6) is -0.523. The molecule has 0 aliphatic carbocycles. The summed E-state index contributed by atoms with van der Waals surface area (Å²) in [6.45, 7) is 2.61. The van der Waals surface area contributed by atoms with E-state index in [9.17, 15) is 12.8 Å². The van der Waals surface area contributed by atoms with E-state index in [1.54, 1.807) is 6.92 Å². The Morgan fingerprint density at radius 1 is 1.53 bits per heavy atom. The number of benzene rings is 1. The summed E-state index contributed by atoms with van der Waals surface area (Å²) < 4.78 is 44.9. The van der Waals surface area contributed by atoms with E-state index in [2.05, 4.69) is 0 Å². The standard InChI is InChI=1S/C12H17FN2O3S/c1-9-2-3-11(6-12(9)13)19(16,17)15-4-5-18-10(7-14)8-15/h2-3,6,10H,4-5,7-8,14H2,1H3. The van der Waals surface area contributed by atoms with E-state index in [4.69, 9.17) is 10.5 Å². The monoisotopic (exact) mass is 288 g/mol. The average molecular weight is 288 g/mol. The second-order valence-corrected chi connectivity index (χ2v) is 6.44. The van der Waals surface area contributed by atoms with Gasteiger partial charge in [0.15, 0.2) is 0 Å². The van der Waals surface area contributed by atoms with E-state index in [0.717, 1.165) is 6.07 Å². The van der Waals surface area contributed by atoms with Gasteiger partial charge in [0.25, 0.3) is 0 Å². The molecule has 2 N–H and O–H groups in total. The smallest absolute Gasteiger partial charge is 0.243 e. The summed E-state index contributed by atoms with van der Waals surface area (Å²) in [6.07, 6.45) is -0.307. The zero-order chi connectivity index (χ0) is 14.0. The van der Waals surface area contributed by atoms with E-state index < -0.39 is 15.8 Å². The molecule has 1 aliphatic rings. The third-order valence-electron chi connectivity index (χ3n) is 3.15. The van der Waals surface area contributed by atoms with Crippen LogP contribution in [0.1, 0.15) is 5.56 Å². The summed E-state index contributed by atoms with van der Waals surface area (Å²) in [7, 11) is -3.69. The zero-order valence-corrected chi connectivity index (χ0v) is 11.5. The molecule has 1 heterocycles. The highest BCUT2D eigenvalue weighted by Gasteiger charge is 2.30. The number of hydrogen-bond donors (Lipinski definition) is 1. The number of ether oxygens (including phenoxy) is 1. The van der Waals surface area contributed by atoms with Gasteiger partial charge in [0.05, 0.1) is 17.6 Å². The fourth-order valence-electron chi connectivity index (χ4n) is 1.94.